The number of hydrogen-bond donors (Lipinski definition) is 3. The van der Waals surface area contributed by atoms with Gasteiger partial charge in [0.25, 0.3) is 0 Å². The average Bonchev–Trinajstić information content (AvgIpc) is 2.96. The molecule has 5 nitrogen and oxygen atoms in total. The predicted octanol–water partition coefficient (Wildman–Crippen LogP) is 2.67. The second-order valence-electron chi connectivity index (χ2n) is 5.35. The monoisotopic (exact) mass is 295 g/mol. The minimum absolute atomic E-state index is 0.488. The lowest BCUT2D eigenvalue weighted by molar-refractivity contribution is 0.0257. The van der Waals surface area contributed by atoms with E-state index in [1.807, 2.05) is 19.1 Å². The Morgan fingerprint density at radius 2 is 1.95 bits per heavy atom. The zero-order chi connectivity index (χ0) is 15.6. The summed E-state index contributed by atoms with van der Waals surface area (Å²) >= 11 is 0. The SMILES string of the molecule is CCCC(O)(CCC)CNC(=NCc1ccco1)NCC. The van der Waals surface area contributed by atoms with E-state index in [2.05, 4.69) is 29.5 Å². The van der Waals surface area contributed by atoms with Crippen molar-refractivity contribution in [2.75, 3.05) is 13.1 Å². The van der Waals surface area contributed by atoms with Crippen LogP contribution in [-0.2, 0) is 6.54 Å². The number of guanidine groups is 1. The Bertz CT molecular complexity index is 396. The third-order valence-corrected chi connectivity index (χ3v) is 3.33. The molecular formula is C16H29N3O2. The second kappa shape index (κ2) is 9.45. The van der Waals surface area contributed by atoms with Crippen LogP contribution in [0.4, 0.5) is 0 Å². The fourth-order valence-electron chi connectivity index (χ4n) is 2.38. The number of nitrogens with one attached hydrogen (secondary N) is 2. The van der Waals surface area contributed by atoms with Crippen LogP contribution in [0.3, 0.4) is 0 Å². The lowest BCUT2D eigenvalue weighted by Gasteiger charge is -2.28. The van der Waals surface area contributed by atoms with Crippen LogP contribution in [0.25, 0.3) is 0 Å². The topological polar surface area (TPSA) is 69.8 Å². The summed E-state index contributed by atoms with van der Waals surface area (Å²) in [6.07, 6.45) is 5.18. The molecule has 0 aliphatic carbocycles. The predicted molar refractivity (Wildman–Crippen MR) is 86.3 cm³/mol. The Balaban J connectivity index is 2.58. The van der Waals surface area contributed by atoms with Crippen molar-refractivity contribution in [1.29, 1.82) is 0 Å². The van der Waals surface area contributed by atoms with Crippen LogP contribution in [0, 0.1) is 0 Å². The minimum Gasteiger partial charge on any atom is -0.467 e. The molecule has 0 spiro atoms. The molecule has 1 aromatic rings. The van der Waals surface area contributed by atoms with Gasteiger partial charge in [-0.15, -0.1) is 0 Å². The molecule has 0 fully saturated rings. The number of aliphatic hydroxyl groups is 1. The third kappa shape index (κ3) is 6.67. The molecule has 0 unspecified atom stereocenters. The van der Waals surface area contributed by atoms with Crippen molar-refractivity contribution < 1.29 is 9.52 Å². The summed E-state index contributed by atoms with van der Waals surface area (Å²) in [5.41, 5.74) is -0.662. The number of furan rings is 1. The average molecular weight is 295 g/mol. The van der Waals surface area contributed by atoms with Crippen LogP contribution in [0.15, 0.2) is 27.8 Å². The standard InChI is InChI=1S/C16H29N3O2/c1-4-9-16(20,10-5-2)13-19-15(17-6-3)18-12-14-8-7-11-21-14/h7-8,11,20H,4-6,9-10,12-13H2,1-3H3,(H2,17,18,19). The Labute approximate surface area is 127 Å². The Hall–Kier alpha value is -1.49. The highest BCUT2D eigenvalue weighted by Crippen LogP contribution is 2.18. The van der Waals surface area contributed by atoms with Gasteiger partial charge in [0, 0.05) is 13.1 Å². The van der Waals surface area contributed by atoms with E-state index < -0.39 is 5.60 Å². The lowest BCUT2D eigenvalue weighted by atomic mass is 9.93. The number of hydrogen-bond acceptors (Lipinski definition) is 3. The molecule has 5 heteroatoms. The van der Waals surface area contributed by atoms with E-state index in [1.54, 1.807) is 6.26 Å². The summed E-state index contributed by atoms with van der Waals surface area (Å²) in [7, 11) is 0. The molecule has 0 bridgehead atoms. The van der Waals surface area contributed by atoms with E-state index in [0.29, 0.717) is 19.0 Å². The van der Waals surface area contributed by atoms with Crippen molar-refractivity contribution in [2.45, 2.75) is 58.6 Å². The van der Waals surface area contributed by atoms with Gasteiger partial charge in [0.1, 0.15) is 12.3 Å². The van der Waals surface area contributed by atoms with Crippen LogP contribution >= 0.6 is 0 Å². The highest BCUT2D eigenvalue weighted by Gasteiger charge is 2.24. The summed E-state index contributed by atoms with van der Waals surface area (Å²) in [4.78, 5) is 4.47. The maximum absolute atomic E-state index is 10.6. The van der Waals surface area contributed by atoms with E-state index in [4.69, 9.17) is 4.42 Å². The van der Waals surface area contributed by atoms with Crippen molar-refractivity contribution >= 4 is 5.96 Å². The summed E-state index contributed by atoms with van der Waals surface area (Å²) in [6, 6.07) is 3.75. The minimum atomic E-state index is -0.662. The van der Waals surface area contributed by atoms with Crippen molar-refractivity contribution in [1.82, 2.24) is 10.6 Å². The van der Waals surface area contributed by atoms with Crippen LogP contribution in [0.5, 0.6) is 0 Å². The van der Waals surface area contributed by atoms with Gasteiger partial charge >= 0.3 is 0 Å². The van der Waals surface area contributed by atoms with Crippen LogP contribution in [0.2, 0.25) is 0 Å². The van der Waals surface area contributed by atoms with E-state index in [1.165, 1.54) is 0 Å². The van der Waals surface area contributed by atoms with Gasteiger partial charge in [-0.25, -0.2) is 4.99 Å². The molecular weight excluding hydrogens is 266 g/mol. The molecule has 0 saturated carbocycles. The number of aliphatic imine (C=N–C) groups is 1. The first-order valence-electron chi connectivity index (χ1n) is 7.90. The molecule has 0 aliphatic rings. The van der Waals surface area contributed by atoms with Crippen LogP contribution in [0.1, 0.15) is 52.2 Å². The molecule has 0 saturated heterocycles. The highest BCUT2D eigenvalue weighted by molar-refractivity contribution is 5.79. The van der Waals surface area contributed by atoms with E-state index in [-0.39, 0.29) is 0 Å². The van der Waals surface area contributed by atoms with Gasteiger partial charge in [-0.2, -0.15) is 0 Å². The van der Waals surface area contributed by atoms with Crippen molar-refractivity contribution in [3.63, 3.8) is 0 Å². The van der Waals surface area contributed by atoms with Crippen LogP contribution < -0.4 is 10.6 Å². The molecule has 0 aromatic carbocycles. The third-order valence-electron chi connectivity index (χ3n) is 3.33. The summed E-state index contributed by atoms with van der Waals surface area (Å²) in [5, 5.41) is 17.0. The first-order chi connectivity index (χ1) is 10.1. The molecule has 0 amide bonds. The molecule has 120 valence electrons. The Morgan fingerprint density at radius 3 is 2.48 bits per heavy atom. The van der Waals surface area contributed by atoms with Gasteiger partial charge in [-0.05, 0) is 31.9 Å². The largest absolute Gasteiger partial charge is 0.467 e. The van der Waals surface area contributed by atoms with Gasteiger partial charge in [0.2, 0.25) is 0 Å². The molecule has 1 aromatic heterocycles. The van der Waals surface area contributed by atoms with Gasteiger partial charge < -0.3 is 20.2 Å². The van der Waals surface area contributed by atoms with Gasteiger partial charge in [-0.1, -0.05) is 26.7 Å². The maximum atomic E-state index is 10.6. The fraction of sp³-hybridized carbons (Fsp3) is 0.688. The normalized spacial score (nSPS) is 12.5. The molecule has 0 aliphatic heterocycles. The second-order valence-corrected chi connectivity index (χ2v) is 5.35. The summed E-state index contributed by atoms with van der Waals surface area (Å²) < 4.78 is 5.27. The maximum Gasteiger partial charge on any atom is 0.191 e. The van der Waals surface area contributed by atoms with Gasteiger partial charge in [0.05, 0.1) is 11.9 Å². The van der Waals surface area contributed by atoms with Crippen molar-refractivity contribution in [3.8, 4) is 0 Å². The van der Waals surface area contributed by atoms with E-state index in [9.17, 15) is 5.11 Å². The quantitative estimate of drug-likeness (QED) is 0.484. The van der Waals surface area contributed by atoms with Crippen molar-refractivity contribution in [2.24, 2.45) is 4.99 Å². The van der Waals surface area contributed by atoms with Gasteiger partial charge in [0.15, 0.2) is 5.96 Å². The number of rotatable bonds is 9. The smallest absolute Gasteiger partial charge is 0.191 e. The Kier molecular flexibility index (Phi) is 7.90. The molecule has 1 rings (SSSR count). The van der Waals surface area contributed by atoms with Crippen LogP contribution in [-0.4, -0.2) is 29.8 Å². The lowest BCUT2D eigenvalue weighted by Crippen LogP contribution is -2.47. The molecule has 3 N–H and O–H groups in total. The number of nitrogens with zero attached hydrogens (tertiary/aromatic N) is 1. The highest BCUT2D eigenvalue weighted by atomic mass is 16.3. The van der Waals surface area contributed by atoms with E-state index in [0.717, 1.165) is 38.0 Å². The zero-order valence-electron chi connectivity index (χ0n) is 13.5. The molecule has 1 heterocycles. The summed E-state index contributed by atoms with van der Waals surface area (Å²) in [5.74, 6) is 1.53. The van der Waals surface area contributed by atoms with Crippen molar-refractivity contribution in [3.05, 3.63) is 24.2 Å². The first kappa shape index (κ1) is 17.6. The molecule has 0 atom stereocenters. The zero-order valence-corrected chi connectivity index (χ0v) is 13.5. The van der Waals surface area contributed by atoms with Gasteiger partial charge in [-0.3, -0.25) is 0 Å². The van der Waals surface area contributed by atoms with E-state index >= 15 is 0 Å². The Morgan fingerprint density at radius 1 is 1.24 bits per heavy atom. The summed E-state index contributed by atoms with van der Waals surface area (Å²) in [6.45, 7) is 7.99. The fourth-order valence-corrected chi connectivity index (χ4v) is 2.38. The molecule has 0 radical (unpaired) electrons. The first-order valence-corrected chi connectivity index (χ1v) is 7.90. The molecule has 21 heavy (non-hydrogen) atoms.